The maximum absolute atomic E-state index is 13.2. The first-order chi connectivity index (χ1) is 15.6. The minimum atomic E-state index is -0.300. The van der Waals surface area contributed by atoms with E-state index >= 15 is 0 Å². The third-order valence-electron chi connectivity index (χ3n) is 6.95. The van der Waals surface area contributed by atoms with E-state index in [1.54, 1.807) is 12.1 Å². The Labute approximate surface area is 203 Å². The molecule has 0 N–H and O–H groups in total. The van der Waals surface area contributed by atoms with Crippen LogP contribution in [0.2, 0.25) is 0 Å². The molecule has 0 bridgehead atoms. The Morgan fingerprint density at radius 1 is 0.970 bits per heavy atom. The molecule has 0 radical (unpaired) electrons. The maximum atomic E-state index is 13.2. The average Bonchev–Trinajstić information content (AvgIpc) is 2.85. The van der Waals surface area contributed by atoms with Crippen LogP contribution >= 0.6 is 12.4 Å². The van der Waals surface area contributed by atoms with Gasteiger partial charge in [0.1, 0.15) is 5.82 Å². The van der Waals surface area contributed by atoms with Gasteiger partial charge in [-0.25, -0.2) is 4.39 Å². The van der Waals surface area contributed by atoms with Crippen LogP contribution in [0.25, 0.3) is 10.8 Å². The first-order valence-electron chi connectivity index (χ1n) is 11.8. The molecule has 0 spiro atoms. The van der Waals surface area contributed by atoms with Crippen molar-refractivity contribution < 1.29 is 9.18 Å². The summed E-state index contributed by atoms with van der Waals surface area (Å²) in [5.74, 6) is -0.135. The van der Waals surface area contributed by atoms with Crippen molar-refractivity contribution in [2.45, 2.75) is 32.7 Å². The number of hydrogen-bond acceptors (Lipinski definition) is 3. The second kappa shape index (κ2) is 11.7. The van der Waals surface area contributed by atoms with Crippen LogP contribution in [0.1, 0.15) is 48.7 Å². The van der Waals surface area contributed by atoms with Crippen molar-refractivity contribution in [2.24, 2.45) is 5.92 Å². The third kappa shape index (κ3) is 6.00. The molecule has 33 heavy (non-hydrogen) atoms. The highest BCUT2D eigenvalue weighted by molar-refractivity contribution is 5.97. The normalized spacial score (nSPS) is 16.0. The van der Waals surface area contributed by atoms with Crippen LogP contribution in [0.4, 0.5) is 4.39 Å². The summed E-state index contributed by atoms with van der Waals surface area (Å²) in [6.45, 7) is 9.28. The molecule has 3 aromatic carbocycles. The summed E-state index contributed by atoms with van der Waals surface area (Å²) >= 11 is 0. The monoisotopic (exact) mass is 468 g/mol. The molecule has 1 atom stereocenters. The molecule has 0 aliphatic carbocycles. The first kappa shape index (κ1) is 25.4. The number of carbonyl (C=O) groups is 1. The molecule has 1 heterocycles. The number of likely N-dealkylation sites (N-methyl/N-ethyl adjacent to an activating group) is 1. The lowest BCUT2D eigenvalue weighted by Gasteiger charge is -2.39. The Morgan fingerprint density at radius 2 is 1.61 bits per heavy atom. The molecule has 1 fully saturated rings. The second-order valence-corrected chi connectivity index (χ2v) is 8.79. The van der Waals surface area contributed by atoms with E-state index in [1.807, 2.05) is 0 Å². The number of piperidine rings is 1. The zero-order chi connectivity index (χ0) is 22.5. The lowest BCUT2D eigenvalue weighted by Crippen LogP contribution is -2.43. The first-order valence-corrected chi connectivity index (χ1v) is 11.8. The summed E-state index contributed by atoms with van der Waals surface area (Å²) in [6, 6.07) is 21.6. The van der Waals surface area contributed by atoms with Gasteiger partial charge in [0.2, 0.25) is 0 Å². The maximum Gasteiger partial charge on any atom is 0.166 e. The summed E-state index contributed by atoms with van der Waals surface area (Å²) in [6.07, 6.45) is 1.69. The molecule has 3 aromatic rings. The van der Waals surface area contributed by atoms with Crippen LogP contribution in [-0.2, 0) is 0 Å². The SMILES string of the molecule is CCN(CC)CC(c1ccc2ccccc2c1)N1CCC(C(=O)c2ccc(F)cc2)CC1.Cl. The highest BCUT2D eigenvalue weighted by Crippen LogP contribution is 2.31. The largest absolute Gasteiger partial charge is 0.302 e. The number of Topliss-reactive ketones (excluding diaryl/α,β-unsaturated/α-hetero) is 1. The van der Waals surface area contributed by atoms with Crippen molar-refractivity contribution >= 4 is 29.0 Å². The van der Waals surface area contributed by atoms with Gasteiger partial charge in [-0.05, 0) is 85.7 Å². The van der Waals surface area contributed by atoms with E-state index in [9.17, 15) is 9.18 Å². The fraction of sp³-hybridized carbons (Fsp3) is 0.393. The number of ketones is 1. The average molecular weight is 469 g/mol. The van der Waals surface area contributed by atoms with Crippen molar-refractivity contribution in [3.8, 4) is 0 Å². The van der Waals surface area contributed by atoms with E-state index in [1.165, 1.54) is 28.5 Å². The fourth-order valence-corrected chi connectivity index (χ4v) is 4.90. The number of hydrogen-bond donors (Lipinski definition) is 0. The number of carbonyl (C=O) groups excluding carboxylic acids is 1. The molecule has 0 aromatic heterocycles. The molecular weight excluding hydrogens is 435 g/mol. The summed E-state index contributed by atoms with van der Waals surface area (Å²) in [5.41, 5.74) is 1.97. The highest BCUT2D eigenvalue weighted by Gasteiger charge is 2.30. The number of rotatable bonds is 8. The number of fused-ring (bicyclic) bond motifs is 1. The third-order valence-corrected chi connectivity index (χ3v) is 6.95. The van der Waals surface area contributed by atoms with Gasteiger partial charge in [-0.3, -0.25) is 9.69 Å². The van der Waals surface area contributed by atoms with Crippen molar-refractivity contribution in [1.82, 2.24) is 9.80 Å². The predicted molar refractivity (Wildman–Crippen MR) is 137 cm³/mol. The molecule has 4 rings (SSSR count). The molecule has 1 aliphatic heterocycles. The van der Waals surface area contributed by atoms with Gasteiger partial charge in [-0.1, -0.05) is 50.2 Å². The Hall–Kier alpha value is -2.27. The number of nitrogens with zero attached hydrogens (tertiary/aromatic N) is 2. The van der Waals surface area contributed by atoms with Crippen molar-refractivity contribution in [1.29, 1.82) is 0 Å². The Morgan fingerprint density at radius 3 is 2.24 bits per heavy atom. The van der Waals surface area contributed by atoms with Gasteiger partial charge < -0.3 is 4.90 Å². The lowest BCUT2D eigenvalue weighted by atomic mass is 9.87. The van der Waals surface area contributed by atoms with Crippen molar-refractivity contribution in [3.05, 3.63) is 83.7 Å². The molecule has 0 amide bonds. The zero-order valence-corrected chi connectivity index (χ0v) is 20.4. The quantitative estimate of drug-likeness (QED) is 0.358. The van der Waals surface area contributed by atoms with Gasteiger partial charge in [0.15, 0.2) is 5.78 Å². The fourth-order valence-electron chi connectivity index (χ4n) is 4.90. The molecule has 1 saturated heterocycles. The molecule has 3 nitrogen and oxygen atoms in total. The van der Waals surface area contributed by atoms with E-state index < -0.39 is 0 Å². The topological polar surface area (TPSA) is 23.6 Å². The Kier molecular flexibility index (Phi) is 9.02. The van der Waals surface area contributed by atoms with Gasteiger partial charge in [0.25, 0.3) is 0 Å². The van der Waals surface area contributed by atoms with Gasteiger partial charge in [0, 0.05) is 24.1 Å². The zero-order valence-electron chi connectivity index (χ0n) is 19.5. The van der Waals surface area contributed by atoms with Crippen LogP contribution in [0.5, 0.6) is 0 Å². The Balaban J connectivity index is 0.00000306. The minimum Gasteiger partial charge on any atom is -0.302 e. The number of benzene rings is 3. The summed E-state index contributed by atoms with van der Waals surface area (Å²) in [7, 11) is 0. The minimum absolute atomic E-state index is 0. The van der Waals surface area contributed by atoms with Crippen LogP contribution in [-0.4, -0.2) is 48.3 Å². The van der Waals surface area contributed by atoms with E-state index in [0.29, 0.717) is 11.6 Å². The molecular formula is C28H34ClFN2O. The summed E-state index contributed by atoms with van der Waals surface area (Å²) < 4.78 is 13.2. The second-order valence-electron chi connectivity index (χ2n) is 8.79. The van der Waals surface area contributed by atoms with Crippen LogP contribution in [0.15, 0.2) is 66.7 Å². The Bertz CT molecular complexity index is 1040. The van der Waals surface area contributed by atoms with Crippen molar-refractivity contribution in [2.75, 3.05) is 32.7 Å². The van der Waals surface area contributed by atoms with E-state index in [2.05, 4.69) is 66.1 Å². The van der Waals surface area contributed by atoms with Crippen LogP contribution < -0.4 is 0 Å². The van der Waals surface area contributed by atoms with Crippen LogP contribution in [0, 0.1) is 11.7 Å². The standard InChI is InChI=1S/C28H33FN2O.ClH/c1-3-30(4-2)20-27(25-10-9-21-7-5-6-8-24(21)19-25)31-17-15-23(16-18-31)28(32)22-11-13-26(29)14-12-22;/h5-14,19,23,27H,3-4,15-18,20H2,1-2H3;1H. The number of halogens is 2. The molecule has 5 heteroatoms. The number of likely N-dealkylation sites (tertiary alicyclic amines) is 1. The van der Waals surface area contributed by atoms with Gasteiger partial charge in [0.05, 0.1) is 0 Å². The predicted octanol–water partition coefficient (Wildman–Crippen LogP) is 6.38. The van der Waals surface area contributed by atoms with Gasteiger partial charge >= 0.3 is 0 Å². The van der Waals surface area contributed by atoms with Crippen molar-refractivity contribution in [3.63, 3.8) is 0 Å². The lowest BCUT2D eigenvalue weighted by molar-refractivity contribution is 0.0739. The van der Waals surface area contributed by atoms with Gasteiger partial charge in [-0.15, -0.1) is 12.4 Å². The highest BCUT2D eigenvalue weighted by atomic mass is 35.5. The van der Waals surface area contributed by atoms with E-state index in [4.69, 9.17) is 0 Å². The molecule has 1 aliphatic rings. The summed E-state index contributed by atoms with van der Waals surface area (Å²) in [4.78, 5) is 18.0. The molecule has 176 valence electrons. The van der Waals surface area contributed by atoms with Crippen LogP contribution in [0.3, 0.4) is 0 Å². The smallest absolute Gasteiger partial charge is 0.166 e. The van der Waals surface area contributed by atoms with Gasteiger partial charge in [-0.2, -0.15) is 0 Å². The molecule has 0 saturated carbocycles. The van der Waals surface area contributed by atoms with E-state index in [0.717, 1.165) is 45.6 Å². The summed E-state index contributed by atoms with van der Waals surface area (Å²) in [5, 5.41) is 2.54. The molecule has 1 unspecified atom stereocenters. The van der Waals surface area contributed by atoms with E-state index in [-0.39, 0.29) is 29.9 Å².